The Morgan fingerprint density at radius 2 is 2.00 bits per heavy atom. The average Bonchev–Trinajstić information content (AvgIpc) is 2.44. The van der Waals surface area contributed by atoms with E-state index in [0.717, 1.165) is 12.0 Å². The van der Waals surface area contributed by atoms with Gasteiger partial charge in [-0.1, -0.05) is 36.8 Å². The van der Waals surface area contributed by atoms with Gasteiger partial charge in [-0.2, -0.15) is 0 Å². The Labute approximate surface area is 127 Å². The summed E-state index contributed by atoms with van der Waals surface area (Å²) in [4.78, 5) is 25.4. The van der Waals surface area contributed by atoms with Gasteiger partial charge in [0.2, 0.25) is 5.91 Å². The molecule has 1 aromatic carbocycles. The first kappa shape index (κ1) is 17.2. The monoisotopic (exact) mass is 291 g/mol. The zero-order valence-corrected chi connectivity index (χ0v) is 13.2. The van der Waals surface area contributed by atoms with Crippen molar-refractivity contribution >= 4 is 11.9 Å². The van der Waals surface area contributed by atoms with Crippen molar-refractivity contribution in [1.82, 2.24) is 4.90 Å². The fourth-order valence-corrected chi connectivity index (χ4v) is 2.20. The quantitative estimate of drug-likeness (QED) is 0.692. The van der Waals surface area contributed by atoms with E-state index in [4.69, 9.17) is 4.74 Å². The largest absolute Gasteiger partial charge is 0.465 e. The number of amides is 1. The summed E-state index contributed by atoms with van der Waals surface area (Å²) in [5, 5.41) is 0. The zero-order valence-electron chi connectivity index (χ0n) is 13.2. The summed E-state index contributed by atoms with van der Waals surface area (Å²) in [5.41, 5.74) is 2.34. The maximum absolute atomic E-state index is 12.2. The first-order chi connectivity index (χ1) is 10.1. The predicted molar refractivity (Wildman–Crippen MR) is 83.0 cm³/mol. The van der Waals surface area contributed by atoms with Crippen molar-refractivity contribution in [3.63, 3.8) is 0 Å². The fraction of sp³-hybridized carbons (Fsp3) is 0.529. The number of benzene rings is 1. The SMILES string of the molecule is CCCN(CC(=O)OCC)C(=O)CCc1cccc(C)c1. The van der Waals surface area contributed by atoms with E-state index in [1.165, 1.54) is 5.56 Å². The highest BCUT2D eigenvalue weighted by molar-refractivity contribution is 5.82. The lowest BCUT2D eigenvalue weighted by atomic mass is 10.1. The predicted octanol–water partition coefficient (Wildman–Crippen LogP) is 2.73. The van der Waals surface area contributed by atoms with Crippen LogP contribution in [0.15, 0.2) is 24.3 Å². The molecule has 1 amide bonds. The van der Waals surface area contributed by atoms with E-state index in [1.807, 2.05) is 32.0 Å². The molecule has 0 saturated carbocycles. The highest BCUT2D eigenvalue weighted by Gasteiger charge is 2.16. The van der Waals surface area contributed by atoms with Gasteiger partial charge in [0.1, 0.15) is 6.54 Å². The van der Waals surface area contributed by atoms with Crippen LogP contribution >= 0.6 is 0 Å². The molecule has 0 fully saturated rings. The number of carbonyl (C=O) groups is 2. The van der Waals surface area contributed by atoms with Crippen LogP contribution in [-0.2, 0) is 20.7 Å². The summed E-state index contributed by atoms with van der Waals surface area (Å²) >= 11 is 0. The number of hydrogen-bond donors (Lipinski definition) is 0. The molecule has 0 aliphatic carbocycles. The van der Waals surface area contributed by atoms with Crippen LogP contribution in [0.3, 0.4) is 0 Å². The molecule has 0 atom stereocenters. The summed E-state index contributed by atoms with van der Waals surface area (Å²) < 4.78 is 4.91. The van der Waals surface area contributed by atoms with Crippen molar-refractivity contribution in [2.24, 2.45) is 0 Å². The maximum Gasteiger partial charge on any atom is 0.325 e. The highest BCUT2D eigenvalue weighted by Crippen LogP contribution is 2.08. The Balaban J connectivity index is 2.54. The van der Waals surface area contributed by atoms with E-state index < -0.39 is 0 Å². The third-order valence-electron chi connectivity index (χ3n) is 3.18. The number of hydrogen-bond acceptors (Lipinski definition) is 3. The Morgan fingerprint density at radius 3 is 2.62 bits per heavy atom. The molecule has 0 spiro atoms. The summed E-state index contributed by atoms with van der Waals surface area (Å²) in [6.45, 7) is 6.78. The van der Waals surface area contributed by atoms with Crippen LogP contribution in [0.4, 0.5) is 0 Å². The molecule has 0 bridgehead atoms. The normalized spacial score (nSPS) is 10.2. The van der Waals surface area contributed by atoms with Gasteiger partial charge in [-0.05, 0) is 32.3 Å². The van der Waals surface area contributed by atoms with E-state index in [1.54, 1.807) is 11.8 Å². The summed E-state index contributed by atoms with van der Waals surface area (Å²) in [7, 11) is 0. The molecule has 0 aliphatic rings. The smallest absolute Gasteiger partial charge is 0.325 e. The molecule has 0 radical (unpaired) electrons. The maximum atomic E-state index is 12.2. The molecular weight excluding hydrogens is 266 g/mol. The van der Waals surface area contributed by atoms with Crippen molar-refractivity contribution in [2.75, 3.05) is 19.7 Å². The van der Waals surface area contributed by atoms with Crippen LogP contribution in [0.25, 0.3) is 0 Å². The van der Waals surface area contributed by atoms with Crippen LogP contribution in [0, 0.1) is 6.92 Å². The van der Waals surface area contributed by atoms with Gasteiger partial charge in [0.05, 0.1) is 6.61 Å². The summed E-state index contributed by atoms with van der Waals surface area (Å²) in [6, 6.07) is 8.14. The van der Waals surface area contributed by atoms with Crippen molar-refractivity contribution < 1.29 is 14.3 Å². The molecule has 116 valence electrons. The Morgan fingerprint density at radius 1 is 1.24 bits per heavy atom. The van der Waals surface area contributed by atoms with Gasteiger partial charge < -0.3 is 9.64 Å². The molecule has 0 saturated heterocycles. The third kappa shape index (κ3) is 6.43. The molecule has 0 aliphatic heterocycles. The second-order valence-electron chi connectivity index (χ2n) is 5.11. The van der Waals surface area contributed by atoms with E-state index in [0.29, 0.717) is 26.0 Å². The molecule has 0 aromatic heterocycles. The van der Waals surface area contributed by atoms with Crippen molar-refractivity contribution in [3.05, 3.63) is 35.4 Å². The van der Waals surface area contributed by atoms with Gasteiger partial charge in [0, 0.05) is 13.0 Å². The van der Waals surface area contributed by atoms with Crippen LogP contribution in [0.2, 0.25) is 0 Å². The lowest BCUT2D eigenvalue weighted by Crippen LogP contribution is -2.37. The Kier molecular flexibility index (Phi) is 7.51. The number of carbonyl (C=O) groups excluding carboxylic acids is 2. The summed E-state index contributed by atoms with van der Waals surface area (Å²) in [6.07, 6.45) is 1.95. The minimum absolute atomic E-state index is 0.00593. The molecule has 0 unspecified atom stereocenters. The second-order valence-corrected chi connectivity index (χ2v) is 5.11. The first-order valence-corrected chi connectivity index (χ1v) is 7.55. The minimum atomic E-state index is -0.338. The molecule has 4 nitrogen and oxygen atoms in total. The first-order valence-electron chi connectivity index (χ1n) is 7.55. The number of esters is 1. The van der Waals surface area contributed by atoms with Gasteiger partial charge in [0.15, 0.2) is 0 Å². The number of aryl methyl sites for hydroxylation is 2. The molecule has 1 rings (SSSR count). The number of rotatable bonds is 8. The topological polar surface area (TPSA) is 46.6 Å². The minimum Gasteiger partial charge on any atom is -0.465 e. The van der Waals surface area contributed by atoms with Crippen LogP contribution in [0.1, 0.15) is 37.8 Å². The lowest BCUT2D eigenvalue weighted by Gasteiger charge is -2.21. The number of ether oxygens (including phenoxy) is 1. The van der Waals surface area contributed by atoms with E-state index in [-0.39, 0.29) is 18.4 Å². The standard InChI is InChI=1S/C17H25NO3/c1-4-11-18(13-17(20)21-5-2)16(19)10-9-15-8-6-7-14(3)12-15/h6-8,12H,4-5,9-11,13H2,1-3H3. The van der Waals surface area contributed by atoms with E-state index in [9.17, 15) is 9.59 Å². The van der Waals surface area contributed by atoms with Crippen LogP contribution in [-0.4, -0.2) is 36.5 Å². The Bertz CT molecular complexity index is 471. The zero-order chi connectivity index (χ0) is 15.7. The second kappa shape index (κ2) is 9.16. The fourth-order valence-electron chi connectivity index (χ4n) is 2.20. The summed E-state index contributed by atoms with van der Waals surface area (Å²) in [5.74, 6) is -0.332. The van der Waals surface area contributed by atoms with E-state index >= 15 is 0 Å². The van der Waals surface area contributed by atoms with Gasteiger partial charge in [0.25, 0.3) is 0 Å². The van der Waals surface area contributed by atoms with Gasteiger partial charge in [-0.3, -0.25) is 9.59 Å². The molecule has 0 heterocycles. The van der Waals surface area contributed by atoms with Gasteiger partial charge >= 0.3 is 5.97 Å². The van der Waals surface area contributed by atoms with Crippen LogP contribution in [0.5, 0.6) is 0 Å². The highest BCUT2D eigenvalue weighted by atomic mass is 16.5. The third-order valence-corrected chi connectivity index (χ3v) is 3.18. The van der Waals surface area contributed by atoms with Crippen molar-refractivity contribution in [2.45, 2.75) is 40.0 Å². The molecule has 1 aromatic rings. The average molecular weight is 291 g/mol. The van der Waals surface area contributed by atoms with Gasteiger partial charge in [-0.15, -0.1) is 0 Å². The van der Waals surface area contributed by atoms with Crippen molar-refractivity contribution in [3.8, 4) is 0 Å². The molecule has 4 heteroatoms. The Hall–Kier alpha value is -1.84. The lowest BCUT2D eigenvalue weighted by molar-refractivity contribution is -0.149. The molecular formula is C17H25NO3. The molecule has 0 N–H and O–H groups in total. The number of nitrogens with zero attached hydrogens (tertiary/aromatic N) is 1. The van der Waals surface area contributed by atoms with E-state index in [2.05, 4.69) is 6.07 Å². The molecule has 21 heavy (non-hydrogen) atoms. The van der Waals surface area contributed by atoms with Crippen molar-refractivity contribution in [1.29, 1.82) is 0 Å². The van der Waals surface area contributed by atoms with Crippen LogP contribution < -0.4 is 0 Å². The van der Waals surface area contributed by atoms with Gasteiger partial charge in [-0.25, -0.2) is 0 Å².